The molecule has 3 N–H and O–H groups in total. The fraction of sp³-hybridized carbons (Fsp3) is 0.333. The monoisotopic (exact) mass is 356 g/mol. The molecule has 0 spiro atoms. The summed E-state index contributed by atoms with van der Waals surface area (Å²) in [6.07, 6.45) is 1.81. The van der Waals surface area contributed by atoms with Gasteiger partial charge in [0.25, 0.3) is 5.56 Å². The standard InChI is InChI=1S/C18H20N4O2S/c19-17(23)14-2-1-3-15-16(14)18(24)22(20-15)13-4-7-21(8-5-13)10-12-6-9-25-11-12/h1-3,6,9,11,13,20H,4-5,7-8,10H2,(H2,19,23). The number of H-pyrrole nitrogens is 1. The smallest absolute Gasteiger partial charge is 0.275 e. The minimum absolute atomic E-state index is 0.124. The van der Waals surface area contributed by atoms with E-state index in [1.54, 1.807) is 28.2 Å². The summed E-state index contributed by atoms with van der Waals surface area (Å²) in [5.41, 5.74) is 7.56. The normalized spacial score (nSPS) is 16.5. The van der Waals surface area contributed by atoms with Crippen molar-refractivity contribution in [1.29, 1.82) is 0 Å². The predicted octanol–water partition coefficient (Wildman–Crippen LogP) is 2.33. The van der Waals surface area contributed by atoms with Crippen LogP contribution in [0, 0.1) is 0 Å². The van der Waals surface area contributed by atoms with E-state index in [1.165, 1.54) is 5.56 Å². The van der Waals surface area contributed by atoms with Gasteiger partial charge in [-0.25, -0.2) is 4.68 Å². The first-order valence-electron chi connectivity index (χ1n) is 8.40. The molecule has 1 saturated heterocycles. The van der Waals surface area contributed by atoms with Crippen molar-refractivity contribution in [3.05, 3.63) is 56.5 Å². The van der Waals surface area contributed by atoms with Crippen molar-refractivity contribution in [3.8, 4) is 0 Å². The van der Waals surface area contributed by atoms with Gasteiger partial charge >= 0.3 is 0 Å². The Labute approximate surface area is 148 Å². The number of nitrogens with two attached hydrogens (primary N) is 1. The average molecular weight is 356 g/mol. The molecular weight excluding hydrogens is 336 g/mol. The van der Waals surface area contributed by atoms with Crippen molar-refractivity contribution in [2.45, 2.75) is 25.4 Å². The number of hydrogen-bond acceptors (Lipinski definition) is 4. The molecule has 0 aliphatic carbocycles. The minimum atomic E-state index is -0.570. The summed E-state index contributed by atoms with van der Waals surface area (Å²) in [5, 5.41) is 7.85. The van der Waals surface area contributed by atoms with Crippen molar-refractivity contribution >= 4 is 28.1 Å². The molecule has 0 unspecified atom stereocenters. The molecule has 3 heterocycles. The van der Waals surface area contributed by atoms with Crippen molar-refractivity contribution in [2.75, 3.05) is 13.1 Å². The maximum atomic E-state index is 12.8. The van der Waals surface area contributed by atoms with Gasteiger partial charge in [0.1, 0.15) is 0 Å². The molecule has 1 amide bonds. The Kier molecular flexibility index (Phi) is 4.19. The SMILES string of the molecule is NC(=O)c1cccc2[nH]n(C3CCN(Cc4ccsc4)CC3)c(=O)c12. The van der Waals surface area contributed by atoms with Crippen molar-refractivity contribution in [2.24, 2.45) is 5.73 Å². The second-order valence-electron chi connectivity index (χ2n) is 6.52. The number of hydrogen-bond donors (Lipinski definition) is 2. The molecule has 130 valence electrons. The summed E-state index contributed by atoms with van der Waals surface area (Å²) in [5.74, 6) is -0.570. The molecule has 1 aliphatic rings. The van der Waals surface area contributed by atoms with Gasteiger partial charge in [0.15, 0.2) is 0 Å². The van der Waals surface area contributed by atoms with Gasteiger partial charge in [0.05, 0.1) is 22.5 Å². The number of aromatic nitrogens is 2. The van der Waals surface area contributed by atoms with Gasteiger partial charge in [-0.15, -0.1) is 0 Å². The molecule has 1 fully saturated rings. The number of thiophene rings is 1. The number of carbonyl (C=O) groups is 1. The van der Waals surface area contributed by atoms with Crippen LogP contribution < -0.4 is 11.3 Å². The Morgan fingerprint density at radius 2 is 2.08 bits per heavy atom. The van der Waals surface area contributed by atoms with Crippen LogP contribution in [0.5, 0.6) is 0 Å². The number of carbonyl (C=O) groups excluding carboxylic acids is 1. The quantitative estimate of drug-likeness (QED) is 0.752. The Balaban J connectivity index is 1.55. The predicted molar refractivity (Wildman–Crippen MR) is 98.9 cm³/mol. The highest BCUT2D eigenvalue weighted by molar-refractivity contribution is 7.07. The zero-order chi connectivity index (χ0) is 17.4. The van der Waals surface area contributed by atoms with E-state index in [0.29, 0.717) is 10.9 Å². The van der Waals surface area contributed by atoms with E-state index < -0.39 is 5.91 Å². The van der Waals surface area contributed by atoms with Crippen LogP contribution in [0.3, 0.4) is 0 Å². The van der Waals surface area contributed by atoms with Gasteiger partial charge in [-0.2, -0.15) is 11.3 Å². The summed E-state index contributed by atoms with van der Waals surface area (Å²) >= 11 is 1.72. The first kappa shape index (κ1) is 16.1. The fourth-order valence-electron chi connectivity index (χ4n) is 3.62. The lowest BCUT2D eigenvalue weighted by Crippen LogP contribution is -2.36. The summed E-state index contributed by atoms with van der Waals surface area (Å²) in [6.45, 7) is 2.86. The number of primary amides is 1. The highest BCUT2D eigenvalue weighted by Crippen LogP contribution is 2.24. The number of nitrogens with one attached hydrogen (secondary N) is 1. The van der Waals surface area contributed by atoms with Gasteiger partial charge in [-0.1, -0.05) is 6.07 Å². The molecule has 1 aliphatic heterocycles. The van der Waals surface area contributed by atoms with Crippen molar-refractivity contribution < 1.29 is 4.79 Å². The Hall–Kier alpha value is -2.38. The van der Waals surface area contributed by atoms with Crippen LogP contribution in [0.25, 0.3) is 10.9 Å². The van der Waals surface area contributed by atoms with E-state index in [1.807, 2.05) is 6.07 Å². The van der Waals surface area contributed by atoms with E-state index in [-0.39, 0.29) is 17.2 Å². The molecule has 0 saturated carbocycles. The van der Waals surface area contributed by atoms with Crippen LogP contribution in [0.2, 0.25) is 0 Å². The lowest BCUT2D eigenvalue weighted by molar-refractivity contribution is 0.100. The molecule has 4 rings (SSSR count). The lowest BCUT2D eigenvalue weighted by atomic mass is 10.0. The number of amides is 1. The number of rotatable bonds is 4. The van der Waals surface area contributed by atoms with Gasteiger partial charge < -0.3 is 5.73 Å². The first-order valence-corrected chi connectivity index (χ1v) is 9.34. The zero-order valence-corrected chi connectivity index (χ0v) is 14.6. The second kappa shape index (κ2) is 6.50. The topological polar surface area (TPSA) is 84.1 Å². The number of nitrogens with zero attached hydrogens (tertiary/aromatic N) is 2. The third-order valence-electron chi connectivity index (χ3n) is 4.91. The van der Waals surface area contributed by atoms with E-state index in [0.717, 1.165) is 32.5 Å². The maximum absolute atomic E-state index is 12.8. The molecule has 25 heavy (non-hydrogen) atoms. The van der Waals surface area contributed by atoms with E-state index >= 15 is 0 Å². The third-order valence-corrected chi connectivity index (χ3v) is 5.64. The third kappa shape index (κ3) is 3.01. The molecule has 2 aromatic heterocycles. The van der Waals surface area contributed by atoms with Crippen LogP contribution in [0.4, 0.5) is 0 Å². The van der Waals surface area contributed by atoms with E-state index in [2.05, 4.69) is 26.8 Å². The molecular formula is C18H20N4O2S. The molecule has 7 heteroatoms. The summed E-state index contributed by atoms with van der Waals surface area (Å²) in [6, 6.07) is 7.44. The minimum Gasteiger partial charge on any atom is -0.366 e. The highest BCUT2D eigenvalue weighted by atomic mass is 32.1. The van der Waals surface area contributed by atoms with Crippen LogP contribution in [-0.2, 0) is 6.54 Å². The number of aromatic amines is 1. The molecule has 0 atom stereocenters. The van der Waals surface area contributed by atoms with Gasteiger partial charge in [0.2, 0.25) is 5.91 Å². The number of piperidine rings is 1. The van der Waals surface area contributed by atoms with Crippen molar-refractivity contribution in [1.82, 2.24) is 14.7 Å². The Morgan fingerprint density at radius 1 is 1.28 bits per heavy atom. The van der Waals surface area contributed by atoms with Crippen LogP contribution in [0.15, 0.2) is 39.8 Å². The second-order valence-corrected chi connectivity index (χ2v) is 7.30. The average Bonchev–Trinajstić information content (AvgIpc) is 3.24. The molecule has 1 aromatic carbocycles. The summed E-state index contributed by atoms with van der Waals surface area (Å²) in [4.78, 5) is 26.8. The summed E-state index contributed by atoms with van der Waals surface area (Å²) < 4.78 is 1.68. The number of benzene rings is 1. The van der Waals surface area contributed by atoms with E-state index in [4.69, 9.17) is 5.73 Å². The summed E-state index contributed by atoms with van der Waals surface area (Å²) in [7, 11) is 0. The number of fused-ring (bicyclic) bond motifs is 1. The van der Waals surface area contributed by atoms with Crippen LogP contribution in [-0.4, -0.2) is 33.7 Å². The van der Waals surface area contributed by atoms with Crippen molar-refractivity contribution in [3.63, 3.8) is 0 Å². The van der Waals surface area contributed by atoms with E-state index in [9.17, 15) is 9.59 Å². The Morgan fingerprint density at radius 3 is 2.76 bits per heavy atom. The number of likely N-dealkylation sites (tertiary alicyclic amines) is 1. The van der Waals surface area contributed by atoms with Gasteiger partial charge in [-0.3, -0.25) is 19.6 Å². The molecule has 3 aromatic rings. The largest absolute Gasteiger partial charge is 0.366 e. The van der Waals surface area contributed by atoms with Gasteiger partial charge in [0, 0.05) is 19.6 Å². The van der Waals surface area contributed by atoms with Crippen LogP contribution in [0.1, 0.15) is 34.8 Å². The maximum Gasteiger partial charge on any atom is 0.275 e. The molecule has 0 bridgehead atoms. The Bertz CT molecular complexity index is 949. The highest BCUT2D eigenvalue weighted by Gasteiger charge is 2.24. The fourth-order valence-corrected chi connectivity index (χ4v) is 4.28. The molecule has 6 nitrogen and oxygen atoms in total. The van der Waals surface area contributed by atoms with Crippen LogP contribution >= 0.6 is 11.3 Å². The molecule has 0 radical (unpaired) electrons. The van der Waals surface area contributed by atoms with Gasteiger partial charge in [-0.05, 0) is 47.4 Å². The first-order chi connectivity index (χ1) is 12.1. The lowest BCUT2D eigenvalue weighted by Gasteiger charge is -2.31. The zero-order valence-electron chi connectivity index (χ0n) is 13.8.